The monoisotopic (exact) mass is 448 g/mol. The number of hydrogen-bond donors (Lipinski definition) is 0. The molecular weight excluding hydrogens is 424 g/mol. The number of benzene rings is 2. The van der Waals surface area contributed by atoms with E-state index in [1.54, 1.807) is 17.0 Å². The van der Waals surface area contributed by atoms with Gasteiger partial charge in [0, 0.05) is 36.8 Å². The normalized spacial score (nSPS) is 15.8. The number of sulfonamides is 1. The quantitative estimate of drug-likeness (QED) is 0.657. The Balaban J connectivity index is 1.69. The van der Waals surface area contributed by atoms with E-state index in [9.17, 15) is 18.0 Å². The van der Waals surface area contributed by atoms with E-state index in [0.29, 0.717) is 23.7 Å². The molecule has 2 aromatic carbocycles. The lowest BCUT2D eigenvalue weighted by Crippen LogP contribution is -2.54. The number of ketones is 1. The molecule has 0 N–H and O–H groups in total. The smallest absolute Gasteiger partial charge is 0.243 e. The number of piperazine rings is 1. The summed E-state index contributed by atoms with van der Waals surface area (Å²) >= 11 is 5.95. The summed E-state index contributed by atoms with van der Waals surface area (Å²) in [7, 11) is -3.68. The highest BCUT2D eigenvalue weighted by molar-refractivity contribution is 7.89. The highest BCUT2D eigenvalue weighted by Gasteiger charge is 2.37. The summed E-state index contributed by atoms with van der Waals surface area (Å²) in [4.78, 5) is 26.4. The van der Waals surface area contributed by atoms with Gasteiger partial charge in [0.05, 0.1) is 10.3 Å². The minimum absolute atomic E-state index is 0.0484. The van der Waals surface area contributed by atoms with Crippen molar-refractivity contribution in [2.24, 2.45) is 0 Å². The highest BCUT2D eigenvalue weighted by atomic mass is 35.5. The molecule has 0 aliphatic carbocycles. The Morgan fingerprint density at radius 1 is 0.900 bits per heavy atom. The van der Waals surface area contributed by atoms with Crippen molar-refractivity contribution in [2.45, 2.75) is 31.1 Å². The molecule has 2 aromatic rings. The molecule has 30 heavy (non-hydrogen) atoms. The van der Waals surface area contributed by atoms with Gasteiger partial charge in [-0.05, 0) is 50.6 Å². The first-order chi connectivity index (χ1) is 14.0. The van der Waals surface area contributed by atoms with Crippen molar-refractivity contribution in [2.75, 3.05) is 26.2 Å². The molecule has 0 atom stereocenters. The first-order valence-electron chi connectivity index (χ1n) is 9.70. The molecule has 1 heterocycles. The number of amides is 1. The number of rotatable bonds is 5. The summed E-state index contributed by atoms with van der Waals surface area (Å²) in [5.74, 6) is -0.165. The number of nitrogens with zero attached hydrogens (tertiary/aromatic N) is 2. The van der Waals surface area contributed by atoms with Gasteiger partial charge in [0.15, 0.2) is 5.78 Å². The summed E-state index contributed by atoms with van der Waals surface area (Å²) in [6.45, 7) is 6.24. The van der Waals surface area contributed by atoms with Gasteiger partial charge in [0.25, 0.3) is 0 Å². The first kappa shape index (κ1) is 22.5. The maximum absolute atomic E-state index is 13.1. The zero-order chi connectivity index (χ0) is 22.1. The zero-order valence-corrected chi connectivity index (χ0v) is 18.8. The van der Waals surface area contributed by atoms with Crippen molar-refractivity contribution in [3.63, 3.8) is 0 Å². The van der Waals surface area contributed by atoms with Crippen LogP contribution in [0.25, 0.3) is 0 Å². The van der Waals surface area contributed by atoms with Crippen molar-refractivity contribution in [1.82, 2.24) is 9.21 Å². The molecule has 1 aliphatic heterocycles. The van der Waals surface area contributed by atoms with Crippen molar-refractivity contribution >= 4 is 33.3 Å². The van der Waals surface area contributed by atoms with Crippen LogP contribution in [0.2, 0.25) is 5.02 Å². The van der Waals surface area contributed by atoms with Crippen LogP contribution >= 0.6 is 11.6 Å². The second-order valence-corrected chi connectivity index (χ2v) is 10.3. The first-order valence-corrected chi connectivity index (χ1v) is 11.5. The van der Waals surface area contributed by atoms with Gasteiger partial charge in [-0.3, -0.25) is 9.59 Å². The molecule has 3 rings (SSSR count). The maximum atomic E-state index is 13.1. The standard InChI is InChI=1S/C22H25ClN2O4S/c1-16(26)17-4-10-20(11-5-17)30(28,29)25-14-12-24(13-15-25)21(27)22(2,3)18-6-8-19(23)9-7-18/h4-11H,12-15H2,1-3H3. The van der Waals surface area contributed by atoms with E-state index >= 15 is 0 Å². The summed E-state index contributed by atoms with van der Waals surface area (Å²) in [5, 5.41) is 0.608. The van der Waals surface area contributed by atoms with Gasteiger partial charge in [0.1, 0.15) is 0 Å². The lowest BCUT2D eigenvalue weighted by atomic mass is 9.83. The van der Waals surface area contributed by atoms with Crippen LogP contribution < -0.4 is 0 Å². The van der Waals surface area contributed by atoms with Crippen LogP contribution in [0.5, 0.6) is 0 Å². The van der Waals surface area contributed by atoms with Gasteiger partial charge in [-0.15, -0.1) is 0 Å². The fourth-order valence-corrected chi connectivity index (χ4v) is 5.08. The summed E-state index contributed by atoms with van der Waals surface area (Å²) in [6.07, 6.45) is 0. The largest absolute Gasteiger partial charge is 0.339 e. The lowest BCUT2D eigenvalue weighted by molar-refractivity contribution is -0.137. The van der Waals surface area contributed by atoms with Gasteiger partial charge in [-0.1, -0.05) is 35.9 Å². The van der Waals surface area contributed by atoms with E-state index in [-0.39, 0.29) is 29.7 Å². The molecule has 1 aliphatic rings. The fourth-order valence-electron chi connectivity index (χ4n) is 3.53. The molecule has 1 saturated heterocycles. The molecule has 0 radical (unpaired) electrons. The highest BCUT2D eigenvalue weighted by Crippen LogP contribution is 2.28. The molecule has 0 spiro atoms. The molecule has 160 valence electrons. The third-order valence-corrected chi connectivity index (χ3v) is 7.69. The Hall–Kier alpha value is -2.22. The average Bonchev–Trinajstić information content (AvgIpc) is 2.73. The van der Waals surface area contributed by atoms with Gasteiger partial charge < -0.3 is 4.90 Å². The molecular formula is C22H25ClN2O4S. The second kappa shape index (κ2) is 8.49. The summed E-state index contributed by atoms with van der Waals surface area (Å²) in [5.41, 5.74) is 0.583. The topological polar surface area (TPSA) is 74.8 Å². The predicted octanol–water partition coefficient (Wildman–Crippen LogP) is 3.35. The number of Topliss-reactive ketones (excluding diaryl/α,β-unsaturated/α-hetero) is 1. The Bertz CT molecular complexity index is 1040. The zero-order valence-electron chi connectivity index (χ0n) is 17.3. The third kappa shape index (κ3) is 4.43. The molecule has 6 nitrogen and oxygen atoms in total. The molecule has 0 unspecified atom stereocenters. The van der Waals surface area contributed by atoms with Gasteiger partial charge in [-0.25, -0.2) is 8.42 Å². The minimum atomic E-state index is -3.68. The van der Waals surface area contributed by atoms with Crippen LogP contribution in [0.3, 0.4) is 0 Å². The predicted molar refractivity (Wildman–Crippen MR) is 116 cm³/mol. The fraction of sp³-hybridized carbons (Fsp3) is 0.364. The SMILES string of the molecule is CC(=O)c1ccc(S(=O)(=O)N2CCN(C(=O)C(C)(C)c3ccc(Cl)cc3)CC2)cc1. The van der Waals surface area contributed by atoms with E-state index in [4.69, 9.17) is 11.6 Å². The average molecular weight is 449 g/mol. The van der Waals surface area contributed by atoms with Gasteiger partial charge in [-0.2, -0.15) is 4.31 Å². The molecule has 1 amide bonds. The summed E-state index contributed by atoms with van der Waals surface area (Å²) in [6, 6.07) is 13.1. The molecule has 0 aromatic heterocycles. The van der Waals surface area contributed by atoms with Crippen LogP contribution in [0, 0.1) is 0 Å². The van der Waals surface area contributed by atoms with E-state index in [2.05, 4.69) is 0 Å². The van der Waals surface area contributed by atoms with Crippen molar-refractivity contribution < 1.29 is 18.0 Å². The van der Waals surface area contributed by atoms with E-state index in [1.165, 1.54) is 35.5 Å². The van der Waals surface area contributed by atoms with Crippen LogP contribution in [0.4, 0.5) is 0 Å². The molecule has 8 heteroatoms. The van der Waals surface area contributed by atoms with Crippen molar-refractivity contribution in [3.8, 4) is 0 Å². The van der Waals surface area contributed by atoms with Crippen LogP contribution in [0.1, 0.15) is 36.7 Å². The lowest BCUT2D eigenvalue weighted by Gasteiger charge is -2.38. The minimum Gasteiger partial charge on any atom is -0.339 e. The Kier molecular flexibility index (Phi) is 6.36. The van der Waals surface area contributed by atoms with E-state index in [1.807, 2.05) is 26.0 Å². The van der Waals surface area contributed by atoms with Crippen LogP contribution in [0.15, 0.2) is 53.4 Å². The van der Waals surface area contributed by atoms with E-state index in [0.717, 1.165) is 5.56 Å². The molecule has 0 saturated carbocycles. The summed E-state index contributed by atoms with van der Waals surface area (Å²) < 4.78 is 27.2. The van der Waals surface area contributed by atoms with Gasteiger partial charge in [0.2, 0.25) is 15.9 Å². The third-order valence-electron chi connectivity index (χ3n) is 5.53. The molecule has 1 fully saturated rings. The Morgan fingerprint density at radius 2 is 1.43 bits per heavy atom. The maximum Gasteiger partial charge on any atom is 0.243 e. The number of halogens is 1. The second-order valence-electron chi connectivity index (χ2n) is 7.91. The van der Waals surface area contributed by atoms with Crippen molar-refractivity contribution in [3.05, 3.63) is 64.7 Å². The van der Waals surface area contributed by atoms with Gasteiger partial charge >= 0.3 is 0 Å². The number of carbonyl (C=O) groups is 2. The van der Waals surface area contributed by atoms with Crippen LogP contribution in [-0.2, 0) is 20.2 Å². The Labute approximate surface area is 182 Å². The molecule has 0 bridgehead atoms. The van der Waals surface area contributed by atoms with E-state index < -0.39 is 15.4 Å². The number of hydrogen-bond acceptors (Lipinski definition) is 4. The number of carbonyl (C=O) groups excluding carboxylic acids is 2. The van der Waals surface area contributed by atoms with Crippen molar-refractivity contribution in [1.29, 1.82) is 0 Å². The van der Waals surface area contributed by atoms with Crippen LogP contribution in [-0.4, -0.2) is 55.5 Å². The Morgan fingerprint density at radius 3 is 1.93 bits per heavy atom.